The maximum absolute atomic E-state index is 11.5. The lowest BCUT2D eigenvalue weighted by Gasteiger charge is -2.27. The lowest BCUT2D eigenvalue weighted by molar-refractivity contribution is -0.135. The van der Waals surface area contributed by atoms with E-state index < -0.39 is 12.2 Å². The molecule has 2 N–H and O–H groups in total. The van der Waals surface area contributed by atoms with Gasteiger partial charge in [-0.2, -0.15) is 25.3 Å². The van der Waals surface area contributed by atoms with Crippen LogP contribution < -0.4 is 18.9 Å². The third kappa shape index (κ3) is 23.1. The van der Waals surface area contributed by atoms with Gasteiger partial charge in [0.2, 0.25) is 0 Å². The van der Waals surface area contributed by atoms with Crippen molar-refractivity contribution in [1.82, 2.24) is 0 Å². The summed E-state index contributed by atoms with van der Waals surface area (Å²) in [7, 11) is 3.55. The van der Waals surface area contributed by atoms with Gasteiger partial charge in [0.15, 0.2) is 0 Å². The normalized spacial score (nSPS) is 13.7. The Labute approximate surface area is 546 Å². The number of hydrogen-bond donors (Lipinski definition) is 4. The zero-order valence-corrected chi connectivity index (χ0v) is 53.9. The van der Waals surface area contributed by atoms with E-state index in [2.05, 4.69) is 91.1 Å². The maximum Gasteiger partial charge on any atom is 0.315 e. The molecule has 482 valence electrons. The first-order valence-corrected chi connectivity index (χ1v) is 32.8. The molecule has 6 aromatic rings. The predicted molar refractivity (Wildman–Crippen MR) is 366 cm³/mol. The van der Waals surface area contributed by atoms with Crippen LogP contribution in [0.15, 0.2) is 158 Å². The van der Waals surface area contributed by atoms with E-state index in [4.69, 9.17) is 47.4 Å². The summed E-state index contributed by atoms with van der Waals surface area (Å²) in [4.78, 5) is 23.0. The molecule has 2 atom stereocenters. The number of hydrogen-bond acceptors (Lipinski definition) is 18. The van der Waals surface area contributed by atoms with Crippen molar-refractivity contribution >= 4 is 70.3 Å². The molecule has 0 aromatic heterocycles. The number of thiol groups is 2. The Morgan fingerprint density at radius 1 is 0.416 bits per heavy atom. The van der Waals surface area contributed by atoms with Crippen molar-refractivity contribution in [2.45, 2.75) is 97.7 Å². The first-order chi connectivity index (χ1) is 42.0. The van der Waals surface area contributed by atoms with Gasteiger partial charge >= 0.3 is 11.9 Å². The van der Waals surface area contributed by atoms with Gasteiger partial charge in [-0.3, -0.25) is 9.59 Å². The minimum Gasteiger partial charge on any atom is -0.491 e. The summed E-state index contributed by atoms with van der Waals surface area (Å²) in [5, 5.41) is 21.4. The van der Waals surface area contributed by atoms with Gasteiger partial charge in [0.1, 0.15) is 86.7 Å². The van der Waals surface area contributed by atoms with E-state index in [9.17, 15) is 19.8 Å². The van der Waals surface area contributed by atoms with Crippen LogP contribution in [0, 0.1) is 0 Å². The van der Waals surface area contributed by atoms with Crippen LogP contribution >= 0.6 is 46.8 Å². The second-order valence-electron chi connectivity index (χ2n) is 22.1. The van der Waals surface area contributed by atoms with Crippen LogP contribution in [0.25, 0.3) is 11.5 Å². The lowest BCUT2D eigenvalue weighted by atomic mass is 9.78. The average Bonchev–Trinajstić information content (AvgIpc) is 2.54. The molecule has 2 aliphatic heterocycles. The fourth-order valence-corrected chi connectivity index (χ4v) is 11.2. The maximum atomic E-state index is 11.5. The van der Waals surface area contributed by atoms with E-state index in [0.717, 1.165) is 67.5 Å². The number of ether oxygens (including phenoxy) is 10. The van der Waals surface area contributed by atoms with Gasteiger partial charge in [0.25, 0.3) is 0 Å². The third-order valence-electron chi connectivity index (χ3n) is 14.7. The van der Waals surface area contributed by atoms with Gasteiger partial charge in [-0.05, 0) is 94.1 Å². The van der Waals surface area contributed by atoms with Crippen molar-refractivity contribution in [3.63, 3.8) is 0 Å². The van der Waals surface area contributed by atoms with Crippen LogP contribution in [0.3, 0.4) is 0 Å². The number of benzene rings is 6. The molecule has 0 fully saturated rings. The number of carbonyl (C=O) groups excluding carboxylic acids is 2. The Kier molecular flexibility index (Phi) is 31.1. The molecule has 14 nitrogen and oxygen atoms in total. The molecule has 0 amide bonds. The highest BCUT2D eigenvalue weighted by molar-refractivity contribution is 8.76. The van der Waals surface area contributed by atoms with Crippen molar-refractivity contribution in [3.05, 3.63) is 202 Å². The molecule has 8 rings (SSSR count). The Balaban J connectivity index is 0.000000626. The minimum atomic E-state index is -0.835. The zero-order chi connectivity index (χ0) is 62.1. The highest BCUT2D eigenvalue weighted by atomic mass is 33.1. The van der Waals surface area contributed by atoms with E-state index >= 15 is 0 Å². The van der Waals surface area contributed by atoms with Crippen molar-refractivity contribution in [1.29, 1.82) is 0 Å². The highest BCUT2D eigenvalue weighted by Crippen LogP contribution is 2.37. The second-order valence-corrected chi connectivity index (χ2v) is 25.7. The number of carbonyl (C=O) groups is 2. The van der Waals surface area contributed by atoms with Gasteiger partial charge in [0.05, 0.1) is 39.3 Å². The molecule has 0 radical (unpaired) electrons. The standard InChI is InChI=1S/C59H60O10.C10H22O4S4.2CH4/c1-57(2,41-11-7-39(8-12-41)53-31-33-55(62)68-53)43-15-23-49(24-16-43)64-35-47(60)37-66-51-27-19-45(20-28-51)59(5,6)46-21-29-52(30-22-46)67-38-48(61)36-65-50-25-17-44(18-26-50)58(3,4)42-13-9-40(10-14-42)54-32-34-56(63)69-54;15-5-1-11-9-13-3-7-17-18-8-4-14-10-12-2-6-16;;/h7-32,47-48,60-61H,33-38H2,1-6H3;15-16H,1-10H2;2*1H4. The van der Waals surface area contributed by atoms with E-state index in [0.29, 0.717) is 87.4 Å². The van der Waals surface area contributed by atoms with Crippen LogP contribution in [-0.4, -0.2) is 124 Å². The molecule has 6 aromatic carbocycles. The number of cyclic esters (lactones) is 2. The second kappa shape index (κ2) is 37.4. The first-order valence-electron chi connectivity index (χ1n) is 29.1. The predicted octanol–water partition coefficient (Wildman–Crippen LogP) is 14.4. The Hall–Kier alpha value is -5.90. The third-order valence-corrected chi connectivity index (χ3v) is 17.4. The number of aliphatic hydroxyl groups is 2. The van der Waals surface area contributed by atoms with E-state index in [-0.39, 0.29) is 69.5 Å². The molecule has 2 aliphatic rings. The molecule has 0 spiro atoms. The Morgan fingerprint density at radius 3 is 0.899 bits per heavy atom. The molecule has 18 heteroatoms. The van der Waals surface area contributed by atoms with E-state index in [1.807, 2.05) is 133 Å². The van der Waals surface area contributed by atoms with Gasteiger partial charge in [0, 0.05) is 50.4 Å². The summed E-state index contributed by atoms with van der Waals surface area (Å²) < 4.78 is 55.0. The van der Waals surface area contributed by atoms with Crippen molar-refractivity contribution in [3.8, 4) is 23.0 Å². The Bertz CT molecular complexity index is 2890. The fourth-order valence-electron chi connectivity index (χ4n) is 9.24. The smallest absolute Gasteiger partial charge is 0.315 e. The first kappa shape index (κ1) is 73.8. The summed E-state index contributed by atoms with van der Waals surface area (Å²) >= 11 is 8.05. The molecule has 0 saturated heterocycles. The van der Waals surface area contributed by atoms with Gasteiger partial charge < -0.3 is 57.6 Å². The van der Waals surface area contributed by atoms with Crippen molar-refractivity contribution in [2.24, 2.45) is 0 Å². The summed E-state index contributed by atoms with van der Waals surface area (Å²) in [6.07, 6.45) is 2.56. The van der Waals surface area contributed by atoms with Crippen LogP contribution in [-0.2, 0) is 54.3 Å². The molecule has 2 heterocycles. The van der Waals surface area contributed by atoms with Crippen molar-refractivity contribution in [2.75, 3.05) is 89.5 Å². The summed E-state index contributed by atoms with van der Waals surface area (Å²) in [6, 6.07) is 47.7. The number of rotatable bonds is 35. The van der Waals surface area contributed by atoms with Crippen LogP contribution in [0.5, 0.6) is 23.0 Å². The van der Waals surface area contributed by atoms with Gasteiger partial charge in [-0.25, -0.2) is 0 Å². The minimum absolute atomic E-state index is 0. The molecular formula is C71H90O14S4. The van der Waals surface area contributed by atoms with E-state index in [1.54, 1.807) is 21.6 Å². The molecule has 0 aliphatic carbocycles. The molecule has 0 bridgehead atoms. The SMILES string of the molecule is C.C.CC(C)(c1ccc(OCC(O)COc2ccc(C(C)(C)c3ccc(C4=CCC(=O)O4)cc3)cc2)cc1)c1ccc(OCC(O)COc2ccc(C(C)(C)c3ccc(C4=CCC(=O)O4)cc3)cc2)cc1.SCCOCOCCSSCCOCOCCS. The summed E-state index contributed by atoms with van der Waals surface area (Å²) in [6.45, 7) is 16.7. The summed E-state index contributed by atoms with van der Waals surface area (Å²) in [5.74, 6) is 6.71. The van der Waals surface area contributed by atoms with Crippen molar-refractivity contribution < 1.29 is 67.2 Å². The van der Waals surface area contributed by atoms with E-state index in [1.165, 1.54) is 0 Å². The quantitative estimate of drug-likeness (QED) is 0.00975. The topological polar surface area (TPSA) is 167 Å². The monoisotopic (exact) mass is 1290 g/mol. The molecule has 89 heavy (non-hydrogen) atoms. The van der Waals surface area contributed by atoms with Crippen LogP contribution in [0.2, 0.25) is 0 Å². The molecule has 2 unspecified atom stereocenters. The number of aliphatic hydroxyl groups excluding tert-OH is 2. The molecule has 0 saturated carbocycles. The average molecular weight is 1300 g/mol. The van der Waals surface area contributed by atoms with Gasteiger partial charge in [-0.1, -0.05) is 175 Å². The van der Waals surface area contributed by atoms with Crippen LogP contribution in [0.4, 0.5) is 0 Å². The van der Waals surface area contributed by atoms with Crippen LogP contribution in [0.1, 0.15) is 114 Å². The summed E-state index contributed by atoms with van der Waals surface area (Å²) in [5.41, 5.74) is 7.55. The highest BCUT2D eigenvalue weighted by Gasteiger charge is 2.27. The van der Waals surface area contributed by atoms with Gasteiger partial charge in [-0.15, -0.1) is 0 Å². The number of esters is 2. The lowest BCUT2D eigenvalue weighted by Crippen LogP contribution is -2.25. The Morgan fingerprint density at radius 2 is 0.663 bits per heavy atom. The fraction of sp³-hybridized carbons (Fsp3) is 0.408. The molecular weight excluding hydrogens is 1210 g/mol. The zero-order valence-electron chi connectivity index (χ0n) is 50.5. The largest absolute Gasteiger partial charge is 0.491 e.